The lowest BCUT2D eigenvalue weighted by molar-refractivity contribution is 0.450. The Bertz CT molecular complexity index is 576. The average Bonchev–Trinajstić information content (AvgIpc) is 2.87. The Hall–Kier alpha value is -1.58. The molecule has 3 rings (SSSR count). The van der Waals surface area contributed by atoms with Gasteiger partial charge in [-0.3, -0.25) is 0 Å². The molecule has 3 nitrogen and oxygen atoms in total. The fourth-order valence-electron chi connectivity index (χ4n) is 3.07. The third-order valence-corrected chi connectivity index (χ3v) is 4.00. The van der Waals surface area contributed by atoms with Crippen molar-refractivity contribution in [3.05, 3.63) is 24.0 Å². The second-order valence-electron chi connectivity index (χ2n) is 5.47. The van der Waals surface area contributed by atoms with Crippen LogP contribution in [-0.4, -0.2) is 9.55 Å². The number of para-hydroxylation sites is 1. The summed E-state index contributed by atoms with van der Waals surface area (Å²) >= 11 is 0. The molecule has 0 saturated heterocycles. The Balaban J connectivity index is 1.96. The quantitative estimate of drug-likeness (QED) is 0.885. The molecule has 2 N–H and O–H groups in total. The van der Waals surface area contributed by atoms with Gasteiger partial charge in [0.15, 0.2) is 5.82 Å². The molecule has 2 unspecified atom stereocenters. The SMILES string of the molecule is CC1CCC(Cn2c(N)nc3c(F)cccc32)C1. The van der Waals surface area contributed by atoms with E-state index in [1.165, 1.54) is 25.3 Å². The molecule has 0 spiro atoms. The standard InChI is InChI=1S/C14H18FN3/c1-9-5-6-10(7-9)8-18-12-4-2-3-11(15)13(12)17-14(18)16/h2-4,9-10H,5-8H2,1H3,(H2,16,17). The monoisotopic (exact) mass is 247 g/mol. The van der Waals surface area contributed by atoms with E-state index < -0.39 is 0 Å². The number of nitrogens with zero attached hydrogens (tertiary/aromatic N) is 2. The highest BCUT2D eigenvalue weighted by Crippen LogP contribution is 2.33. The van der Waals surface area contributed by atoms with Gasteiger partial charge in [0, 0.05) is 6.54 Å². The number of nitrogen functional groups attached to an aromatic ring is 1. The lowest BCUT2D eigenvalue weighted by atomic mass is 10.1. The summed E-state index contributed by atoms with van der Waals surface area (Å²) in [5.74, 6) is 1.57. The van der Waals surface area contributed by atoms with Gasteiger partial charge >= 0.3 is 0 Å². The molecule has 1 aromatic carbocycles. The molecule has 4 heteroatoms. The highest BCUT2D eigenvalue weighted by molar-refractivity contribution is 5.78. The van der Waals surface area contributed by atoms with Gasteiger partial charge in [-0.2, -0.15) is 0 Å². The van der Waals surface area contributed by atoms with Crippen molar-refractivity contribution in [3.8, 4) is 0 Å². The van der Waals surface area contributed by atoms with E-state index in [2.05, 4.69) is 11.9 Å². The Labute approximate surface area is 106 Å². The molecule has 1 aliphatic rings. The molecular weight excluding hydrogens is 229 g/mol. The lowest BCUT2D eigenvalue weighted by Gasteiger charge is -2.12. The molecule has 96 valence electrons. The number of rotatable bonds is 2. The Morgan fingerprint density at radius 1 is 1.44 bits per heavy atom. The maximum atomic E-state index is 13.6. The first-order valence-electron chi connectivity index (χ1n) is 6.55. The van der Waals surface area contributed by atoms with Crippen LogP contribution in [0.25, 0.3) is 11.0 Å². The minimum absolute atomic E-state index is 0.294. The smallest absolute Gasteiger partial charge is 0.201 e. The zero-order valence-electron chi connectivity index (χ0n) is 10.6. The van der Waals surface area contributed by atoms with Crippen LogP contribution in [0.3, 0.4) is 0 Å². The highest BCUT2D eigenvalue weighted by atomic mass is 19.1. The van der Waals surface area contributed by atoms with Crippen LogP contribution in [0, 0.1) is 17.7 Å². The summed E-state index contributed by atoms with van der Waals surface area (Å²) in [4.78, 5) is 4.14. The van der Waals surface area contributed by atoms with Gasteiger partial charge in [-0.25, -0.2) is 9.37 Å². The van der Waals surface area contributed by atoms with Crippen molar-refractivity contribution < 1.29 is 4.39 Å². The summed E-state index contributed by atoms with van der Waals surface area (Å²) in [7, 11) is 0. The fourth-order valence-corrected chi connectivity index (χ4v) is 3.07. The molecule has 1 aliphatic carbocycles. The molecule has 0 bridgehead atoms. The van der Waals surface area contributed by atoms with E-state index in [4.69, 9.17) is 5.73 Å². The van der Waals surface area contributed by atoms with E-state index >= 15 is 0 Å². The Kier molecular flexibility index (Phi) is 2.73. The first-order chi connectivity index (χ1) is 8.65. The molecular formula is C14H18FN3. The van der Waals surface area contributed by atoms with Gasteiger partial charge in [0.25, 0.3) is 0 Å². The Morgan fingerprint density at radius 3 is 3.00 bits per heavy atom. The number of hydrogen-bond donors (Lipinski definition) is 1. The number of halogens is 1. The topological polar surface area (TPSA) is 43.8 Å². The highest BCUT2D eigenvalue weighted by Gasteiger charge is 2.23. The number of hydrogen-bond acceptors (Lipinski definition) is 2. The summed E-state index contributed by atoms with van der Waals surface area (Å²) in [6.45, 7) is 3.14. The lowest BCUT2D eigenvalue weighted by Crippen LogP contribution is -2.10. The normalized spacial score (nSPS) is 23.9. The van der Waals surface area contributed by atoms with Crippen LogP contribution >= 0.6 is 0 Å². The molecule has 2 atom stereocenters. The largest absolute Gasteiger partial charge is 0.369 e. The zero-order chi connectivity index (χ0) is 12.7. The van der Waals surface area contributed by atoms with Crippen LogP contribution < -0.4 is 5.73 Å². The third-order valence-electron chi connectivity index (χ3n) is 4.00. The maximum absolute atomic E-state index is 13.6. The van der Waals surface area contributed by atoms with Crippen molar-refractivity contribution in [1.29, 1.82) is 0 Å². The number of aromatic nitrogens is 2. The van der Waals surface area contributed by atoms with Crippen molar-refractivity contribution in [3.63, 3.8) is 0 Å². The van der Waals surface area contributed by atoms with Gasteiger partial charge in [0.1, 0.15) is 5.52 Å². The number of nitrogens with two attached hydrogens (primary N) is 1. The number of fused-ring (bicyclic) bond motifs is 1. The summed E-state index contributed by atoms with van der Waals surface area (Å²) in [5, 5.41) is 0. The van der Waals surface area contributed by atoms with Gasteiger partial charge < -0.3 is 10.3 Å². The van der Waals surface area contributed by atoms with E-state index in [1.54, 1.807) is 6.07 Å². The van der Waals surface area contributed by atoms with Gasteiger partial charge in [-0.05, 0) is 36.8 Å². The summed E-state index contributed by atoms with van der Waals surface area (Å²) in [6, 6.07) is 5.03. The van der Waals surface area contributed by atoms with Crippen LogP contribution in [0.15, 0.2) is 18.2 Å². The Morgan fingerprint density at radius 2 is 2.28 bits per heavy atom. The molecule has 18 heavy (non-hydrogen) atoms. The third kappa shape index (κ3) is 1.85. The van der Waals surface area contributed by atoms with E-state index in [0.29, 0.717) is 17.4 Å². The van der Waals surface area contributed by atoms with Crippen molar-refractivity contribution >= 4 is 17.0 Å². The van der Waals surface area contributed by atoms with Crippen molar-refractivity contribution in [1.82, 2.24) is 9.55 Å². The number of imidazole rings is 1. The molecule has 2 aromatic rings. The van der Waals surface area contributed by atoms with Crippen LogP contribution in [0.4, 0.5) is 10.3 Å². The molecule has 1 saturated carbocycles. The average molecular weight is 247 g/mol. The minimum atomic E-state index is -0.294. The van der Waals surface area contributed by atoms with Crippen LogP contribution in [0.5, 0.6) is 0 Å². The molecule has 0 aliphatic heterocycles. The second-order valence-corrected chi connectivity index (χ2v) is 5.47. The van der Waals surface area contributed by atoms with Gasteiger partial charge in [0.2, 0.25) is 5.95 Å². The van der Waals surface area contributed by atoms with E-state index in [9.17, 15) is 4.39 Å². The van der Waals surface area contributed by atoms with E-state index in [1.807, 2.05) is 10.6 Å². The van der Waals surface area contributed by atoms with E-state index in [-0.39, 0.29) is 5.82 Å². The predicted molar refractivity (Wildman–Crippen MR) is 70.6 cm³/mol. The van der Waals surface area contributed by atoms with Gasteiger partial charge in [0.05, 0.1) is 5.52 Å². The van der Waals surface area contributed by atoms with Crippen molar-refractivity contribution in [2.45, 2.75) is 32.7 Å². The first-order valence-corrected chi connectivity index (χ1v) is 6.55. The van der Waals surface area contributed by atoms with Crippen molar-refractivity contribution in [2.24, 2.45) is 11.8 Å². The van der Waals surface area contributed by atoms with Crippen molar-refractivity contribution in [2.75, 3.05) is 5.73 Å². The minimum Gasteiger partial charge on any atom is -0.369 e. The number of anilines is 1. The molecule has 0 radical (unpaired) electrons. The van der Waals surface area contributed by atoms with E-state index in [0.717, 1.165) is 18.0 Å². The van der Waals surface area contributed by atoms with Gasteiger partial charge in [-0.1, -0.05) is 19.4 Å². The van der Waals surface area contributed by atoms with Crippen LogP contribution in [-0.2, 0) is 6.54 Å². The number of benzene rings is 1. The molecule has 1 heterocycles. The van der Waals surface area contributed by atoms with Crippen LogP contribution in [0.2, 0.25) is 0 Å². The molecule has 0 amide bonds. The molecule has 1 fully saturated rings. The first kappa shape index (κ1) is 11.5. The van der Waals surface area contributed by atoms with Gasteiger partial charge in [-0.15, -0.1) is 0 Å². The summed E-state index contributed by atoms with van der Waals surface area (Å²) in [6.07, 6.45) is 3.75. The second kappa shape index (κ2) is 4.26. The molecule has 1 aromatic heterocycles. The maximum Gasteiger partial charge on any atom is 0.201 e. The summed E-state index contributed by atoms with van der Waals surface area (Å²) < 4.78 is 15.6. The zero-order valence-corrected chi connectivity index (χ0v) is 10.6. The van der Waals surface area contributed by atoms with Crippen LogP contribution in [0.1, 0.15) is 26.2 Å². The predicted octanol–water partition coefficient (Wildman–Crippen LogP) is 3.19. The fraction of sp³-hybridized carbons (Fsp3) is 0.500. The summed E-state index contributed by atoms with van der Waals surface area (Å²) in [5.41, 5.74) is 7.12.